The molecular formula is C15H24IN7O. The number of aryl methyl sites for hydroxylation is 2. The molecule has 0 unspecified atom stereocenters. The summed E-state index contributed by atoms with van der Waals surface area (Å²) in [6, 6.07) is 0. The average molecular weight is 445 g/mol. The maximum Gasteiger partial charge on any atom is 0.246 e. The molecule has 9 heteroatoms. The molecule has 0 aliphatic heterocycles. The SMILES string of the molecule is CCc1nn(C)cc1CNC(=NC)NCc1nc(C2CC2)no1.I. The third-order valence-corrected chi connectivity index (χ3v) is 3.83. The number of aromatic nitrogens is 4. The van der Waals surface area contributed by atoms with Crippen LogP contribution in [0.15, 0.2) is 15.7 Å². The Kier molecular flexibility index (Phi) is 6.58. The van der Waals surface area contributed by atoms with Crippen LogP contribution >= 0.6 is 24.0 Å². The number of hydrogen-bond donors (Lipinski definition) is 2. The van der Waals surface area contributed by atoms with Gasteiger partial charge in [-0.2, -0.15) is 10.1 Å². The van der Waals surface area contributed by atoms with E-state index in [1.165, 1.54) is 18.4 Å². The highest BCUT2D eigenvalue weighted by molar-refractivity contribution is 14.0. The lowest BCUT2D eigenvalue weighted by atomic mass is 10.2. The van der Waals surface area contributed by atoms with Crippen molar-refractivity contribution in [1.29, 1.82) is 0 Å². The lowest BCUT2D eigenvalue weighted by molar-refractivity contribution is 0.370. The van der Waals surface area contributed by atoms with E-state index >= 15 is 0 Å². The van der Waals surface area contributed by atoms with Crippen LogP contribution in [0, 0.1) is 0 Å². The molecule has 0 atom stereocenters. The van der Waals surface area contributed by atoms with Crippen molar-refractivity contribution in [3.8, 4) is 0 Å². The highest BCUT2D eigenvalue weighted by Gasteiger charge is 2.28. The maximum atomic E-state index is 5.24. The van der Waals surface area contributed by atoms with Gasteiger partial charge in [0.2, 0.25) is 5.89 Å². The minimum Gasteiger partial charge on any atom is -0.352 e. The van der Waals surface area contributed by atoms with E-state index in [4.69, 9.17) is 4.52 Å². The maximum absolute atomic E-state index is 5.24. The summed E-state index contributed by atoms with van der Waals surface area (Å²) in [6.45, 7) is 3.24. The third kappa shape index (κ3) is 4.68. The summed E-state index contributed by atoms with van der Waals surface area (Å²) < 4.78 is 7.08. The van der Waals surface area contributed by atoms with E-state index in [9.17, 15) is 0 Å². The summed E-state index contributed by atoms with van der Waals surface area (Å²) in [6.07, 6.45) is 5.27. The molecular weight excluding hydrogens is 421 g/mol. The number of nitrogens with zero attached hydrogens (tertiary/aromatic N) is 5. The molecule has 0 radical (unpaired) electrons. The van der Waals surface area contributed by atoms with Gasteiger partial charge in [-0.3, -0.25) is 9.67 Å². The second-order valence-electron chi connectivity index (χ2n) is 5.73. The molecule has 1 fully saturated rings. The fraction of sp³-hybridized carbons (Fsp3) is 0.600. The minimum absolute atomic E-state index is 0. The fourth-order valence-corrected chi connectivity index (χ4v) is 2.44. The molecule has 2 heterocycles. The zero-order chi connectivity index (χ0) is 16.2. The third-order valence-electron chi connectivity index (χ3n) is 3.83. The number of hydrogen-bond acceptors (Lipinski definition) is 5. The lowest BCUT2D eigenvalue weighted by Gasteiger charge is -2.10. The van der Waals surface area contributed by atoms with Gasteiger partial charge in [-0.05, 0) is 19.3 Å². The predicted octanol–water partition coefficient (Wildman–Crippen LogP) is 1.73. The van der Waals surface area contributed by atoms with Gasteiger partial charge in [-0.15, -0.1) is 24.0 Å². The first kappa shape index (κ1) is 18.7. The van der Waals surface area contributed by atoms with E-state index in [1.54, 1.807) is 7.05 Å². The topological polar surface area (TPSA) is 93.2 Å². The molecule has 8 nitrogen and oxygen atoms in total. The Labute approximate surface area is 158 Å². The van der Waals surface area contributed by atoms with Gasteiger partial charge in [-0.25, -0.2) is 0 Å². The number of aliphatic imine (C=N–C) groups is 1. The molecule has 0 bridgehead atoms. The van der Waals surface area contributed by atoms with Gasteiger partial charge in [0.1, 0.15) is 0 Å². The molecule has 3 rings (SSSR count). The van der Waals surface area contributed by atoms with Crippen LogP contribution in [0.1, 0.15) is 48.7 Å². The van der Waals surface area contributed by atoms with E-state index < -0.39 is 0 Å². The van der Waals surface area contributed by atoms with Crippen molar-refractivity contribution < 1.29 is 4.52 Å². The van der Waals surface area contributed by atoms with Crippen molar-refractivity contribution in [2.24, 2.45) is 12.0 Å². The van der Waals surface area contributed by atoms with Gasteiger partial charge in [0.25, 0.3) is 0 Å². The van der Waals surface area contributed by atoms with Gasteiger partial charge >= 0.3 is 0 Å². The van der Waals surface area contributed by atoms with Crippen molar-refractivity contribution in [2.75, 3.05) is 7.05 Å². The van der Waals surface area contributed by atoms with E-state index in [0.29, 0.717) is 30.9 Å². The highest BCUT2D eigenvalue weighted by atomic mass is 127. The second kappa shape index (κ2) is 8.45. The van der Waals surface area contributed by atoms with Crippen LogP contribution in [0.5, 0.6) is 0 Å². The quantitative estimate of drug-likeness (QED) is 0.400. The molecule has 0 spiro atoms. The molecule has 1 aliphatic rings. The first-order valence-corrected chi connectivity index (χ1v) is 7.98. The zero-order valence-electron chi connectivity index (χ0n) is 14.2. The van der Waals surface area contributed by atoms with Crippen LogP contribution in [0.25, 0.3) is 0 Å². The van der Waals surface area contributed by atoms with E-state index in [0.717, 1.165) is 17.9 Å². The van der Waals surface area contributed by atoms with Crippen molar-refractivity contribution in [1.82, 2.24) is 30.6 Å². The normalized spacial score (nSPS) is 14.4. The Bertz CT molecular complexity index is 690. The molecule has 1 aliphatic carbocycles. The molecule has 132 valence electrons. The minimum atomic E-state index is 0. The number of halogens is 1. The molecule has 0 saturated heterocycles. The van der Waals surface area contributed by atoms with Crippen molar-refractivity contribution in [2.45, 2.75) is 45.2 Å². The van der Waals surface area contributed by atoms with Crippen molar-refractivity contribution in [3.63, 3.8) is 0 Å². The summed E-state index contributed by atoms with van der Waals surface area (Å²) in [7, 11) is 3.67. The molecule has 1 saturated carbocycles. The van der Waals surface area contributed by atoms with Gasteiger partial charge in [0.15, 0.2) is 11.8 Å². The van der Waals surface area contributed by atoms with Gasteiger partial charge in [0.05, 0.1) is 12.2 Å². The molecule has 0 amide bonds. The zero-order valence-corrected chi connectivity index (χ0v) is 16.6. The smallest absolute Gasteiger partial charge is 0.246 e. The number of nitrogens with one attached hydrogen (secondary N) is 2. The average Bonchev–Trinajstić information content (AvgIpc) is 3.19. The van der Waals surface area contributed by atoms with E-state index in [-0.39, 0.29) is 24.0 Å². The van der Waals surface area contributed by atoms with Crippen molar-refractivity contribution in [3.05, 3.63) is 29.2 Å². The summed E-state index contributed by atoms with van der Waals surface area (Å²) in [5.74, 6) is 2.61. The summed E-state index contributed by atoms with van der Waals surface area (Å²) in [5, 5.41) is 14.9. The molecule has 2 aromatic rings. The van der Waals surface area contributed by atoms with Gasteiger partial charge in [0, 0.05) is 38.3 Å². The number of rotatable bonds is 6. The molecule has 2 N–H and O–H groups in total. The lowest BCUT2D eigenvalue weighted by Crippen LogP contribution is -2.36. The van der Waals surface area contributed by atoms with E-state index in [2.05, 4.69) is 37.8 Å². The predicted molar refractivity (Wildman–Crippen MR) is 101 cm³/mol. The van der Waals surface area contributed by atoms with Crippen molar-refractivity contribution >= 4 is 29.9 Å². The van der Waals surface area contributed by atoms with Crippen LogP contribution in [-0.4, -0.2) is 32.9 Å². The van der Waals surface area contributed by atoms with Gasteiger partial charge in [-0.1, -0.05) is 12.1 Å². The molecule has 24 heavy (non-hydrogen) atoms. The van der Waals surface area contributed by atoms with Gasteiger partial charge < -0.3 is 15.2 Å². The first-order chi connectivity index (χ1) is 11.2. The van der Waals surface area contributed by atoms with Crippen LogP contribution in [-0.2, 0) is 26.6 Å². The van der Waals surface area contributed by atoms with Crippen LogP contribution < -0.4 is 10.6 Å². The Morgan fingerprint density at radius 3 is 2.79 bits per heavy atom. The molecule has 0 aromatic carbocycles. The largest absolute Gasteiger partial charge is 0.352 e. The number of guanidine groups is 1. The highest BCUT2D eigenvalue weighted by Crippen LogP contribution is 2.37. The standard InChI is InChI=1S/C15H23N7O.HI/c1-4-12-11(9-22(3)20-12)7-17-15(16-2)18-8-13-19-14(21-23-13)10-5-6-10;/h9-10H,4-8H2,1-3H3,(H2,16,17,18);1H. The van der Waals surface area contributed by atoms with Crippen LogP contribution in [0.3, 0.4) is 0 Å². The molecule has 2 aromatic heterocycles. The first-order valence-electron chi connectivity index (χ1n) is 7.98. The van der Waals surface area contributed by atoms with Crippen LogP contribution in [0.4, 0.5) is 0 Å². The summed E-state index contributed by atoms with van der Waals surface area (Å²) in [4.78, 5) is 8.60. The monoisotopic (exact) mass is 445 g/mol. The summed E-state index contributed by atoms with van der Waals surface area (Å²) in [5.41, 5.74) is 2.27. The fourth-order valence-electron chi connectivity index (χ4n) is 2.44. The Hall–Kier alpha value is -1.65. The second-order valence-corrected chi connectivity index (χ2v) is 5.73. The van der Waals surface area contributed by atoms with E-state index in [1.807, 2.05) is 17.9 Å². The Balaban J connectivity index is 0.00000208. The Morgan fingerprint density at radius 1 is 1.38 bits per heavy atom. The Morgan fingerprint density at radius 2 is 2.12 bits per heavy atom. The summed E-state index contributed by atoms with van der Waals surface area (Å²) >= 11 is 0. The van der Waals surface area contributed by atoms with Crippen LogP contribution in [0.2, 0.25) is 0 Å².